The van der Waals surface area contributed by atoms with Crippen molar-refractivity contribution < 1.29 is 8.78 Å². The van der Waals surface area contributed by atoms with Gasteiger partial charge in [0.15, 0.2) is 0 Å². The molecule has 0 saturated carbocycles. The van der Waals surface area contributed by atoms with Crippen LogP contribution in [0.3, 0.4) is 0 Å². The Labute approximate surface area is 125 Å². The van der Waals surface area contributed by atoms with Crippen LogP contribution in [0.25, 0.3) is 0 Å². The quantitative estimate of drug-likeness (QED) is 0.904. The lowest BCUT2D eigenvalue weighted by Gasteiger charge is -2.44. The van der Waals surface area contributed by atoms with E-state index in [9.17, 15) is 8.78 Å². The molecule has 0 aromatic heterocycles. The van der Waals surface area contributed by atoms with Crippen molar-refractivity contribution in [3.8, 4) is 0 Å². The second kappa shape index (κ2) is 6.38. The smallest absolute Gasteiger partial charge is 0.285 e. The van der Waals surface area contributed by atoms with Gasteiger partial charge in [-0.3, -0.25) is 9.80 Å². The molecule has 1 aromatic rings. The topological polar surface area (TPSA) is 32.5 Å². The van der Waals surface area contributed by atoms with E-state index < -0.39 is 5.92 Å². The van der Waals surface area contributed by atoms with Gasteiger partial charge in [-0.2, -0.15) is 8.78 Å². The molecule has 0 spiro atoms. The third-order valence-corrected chi connectivity index (χ3v) is 4.35. The predicted octanol–water partition coefficient (Wildman–Crippen LogP) is 2.13. The van der Waals surface area contributed by atoms with Crippen molar-refractivity contribution in [1.82, 2.24) is 9.80 Å². The second-order valence-electron chi connectivity index (χ2n) is 6.35. The van der Waals surface area contributed by atoms with Crippen LogP contribution in [0.5, 0.6) is 0 Å². The van der Waals surface area contributed by atoms with Gasteiger partial charge >= 0.3 is 0 Å². The van der Waals surface area contributed by atoms with E-state index in [-0.39, 0.29) is 17.6 Å². The number of nitrogens with two attached hydrogens (primary N) is 1. The first kappa shape index (κ1) is 16.3. The van der Waals surface area contributed by atoms with Crippen LogP contribution in [0, 0.1) is 0 Å². The lowest BCUT2D eigenvalue weighted by Crippen LogP contribution is -2.58. The summed E-state index contributed by atoms with van der Waals surface area (Å²) >= 11 is 0. The Kier molecular flexibility index (Phi) is 4.96. The molecule has 21 heavy (non-hydrogen) atoms. The first-order chi connectivity index (χ1) is 9.85. The zero-order valence-corrected chi connectivity index (χ0v) is 12.9. The van der Waals surface area contributed by atoms with Crippen molar-refractivity contribution in [2.75, 3.05) is 39.3 Å². The van der Waals surface area contributed by atoms with E-state index in [4.69, 9.17) is 5.73 Å². The van der Waals surface area contributed by atoms with Gasteiger partial charge in [-0.05, 0) is 13.8 Å². The molecule has 3 nitrogen and oxygen atoms in total. The van der Waals surface area contributed by atoms with Gasteiger partial charge in [-0.25, -0.2) is 0 Å². The lowest BCUT2D eigenvalue weighted by atomic mass is 10.0. The Morgan fingerprint density at radius 3 is 2.14 bits per heavy atom. The van der Waals surface area contributed by atoms with Crippen LogP contribution in [-0.2, 0) is 5.92 Å². The van der Waals surface area contributed by atoms with Crippen LogP contribution in [-0.4, -0.2) is 54.6 Å². The standard InChI is InChI=1S/C16H25F2N3/c1-15(2,12-19)21-10-8-20(9-11-21)13-16(17,18)14-6-4-3-5-7-14/h3-7H,8-13,19H2,1-2H3. The molecule has 2 rings (SSSR count). The summed E-state index contributed by atoms with van der Waals surface area (Å²) < 4.78 is 28.5. The fourth-order valence-corrected chi connectivity index (χ4v) is 2.69. The average molecular weight is 297 g/mol. The summed E-state index contributed by atoms with van der Waals surface area (Å²) in [5.74, 6) is -2.80. The minimum atomic E-state index is -2.80. The molecule has 0 atom stereocenters. The summed E-state index contributed by atoms with van der Waals surface area (Å²) in [6.07, 6.45) is 0. The molecule has 0 unspecified atom stereocenters. The summed E-state index contributed by atoms with van der Waals surface area (Å²) in [6.45, 7) is 7.45. The van der Waals surface area contributed by atoms with Gasteiger partial charge in [0.2, 0.25) is 0 Å². The molecule has 1 heterocycles. The maximum atomic E-state index is 14.3. The highest BCUT2D eigenvalue weighted by atomic mass is 19.3. The van der Waals surface area contributed by atoms with E-state index in [0.29, 0.717) is 19.6 Å². The third kappa shape index (κ3) is 3.99. The van der Waals surface area contributed by atoms with E-state index in [1.165, 1.54) is 12.1 Å². The number of piperazine rings is 1. The number of benzene rings is 1. The van der Waals surface area contributed by atoms with Gasteiger partial charge < -0.3 is 5.73 Å². The highest BCUT2D eigenvalue weighted by Gasteiger charge is 2.36. The number of rotatable bonds is 5. The fourth-order valence-electron chi connectivity index (χ4n) is 2.69. The number of hydrogen-bond acceptors (Lipinski definition) is 3. The molecule has 118 valence electrons. The molecule has 1 fully saturated rings. The zero-order valence-electron chi connectivity index (χ0n) is 12.9. The Balaban J connectivity index is 1.92. The maximum absolute atomic E-state index is 14.3. The largest absolute Gasteiger partial charge is 0.329 e. The number of alkyl halides is 2. The number of nitrogens with zero attached hydrogens (tertiary/aromatic N) is 2. The minimum Gasteiger partial charge on any atom is -0.329 e. The van der Waals surface area contributed by atoms with E-state index in [2.05, 4.69) is 18.7 Å². The van der Waals surface area contributed by atoms with Gasteiger partial charge in [0.05, 0.1) is 6.54 Å². The fraction of sp³-hybridized carbons (Fsp3) is 0.625. The summed E-state index contributed by atoms with van der Waals surface area (Å²) in [5.41, 5.74) is 5.81. The van der Waals surface area contributed by atoms with E-state index >= 15 is 0 Å². The SMILES string of the molecule is CC(C)(CN)N1CCN(CC(F)(F)c2ccccc2)CC1. The molecule has 0 bridgehead atoms. The summed E-state index contributed by atoms with van der Waals surface area (Å²) in [6, 6.07) is 8.06. The molecular weight excluding hydrogens is 272 g/mol. The normalized spacial score (nSPS) is 18.9. The van der Waals surface area contributed by atoms with E-state index in [1.807, 2.05) is 4.90 Å². The molecule has 1 aliphatic heterocycles. The molecular formula is C16H25F2N3. The zero-order chi connectivity index (χ0) is 15.5. The Morgan fingerprint density at radius 2 is 1.62 bits per heavy atom. The monoisotopic (exact) mass is 297 g/mol. The molecule has 1 aliphatic rings. The third-order valence-electron chi connectivity index (χ3n) is 4.35. The average Bonchev–Trinajstić information content (AvgIpc) is 2.48. The summed E-state index contributed by atoms with van der Waals surface area (Å²) in [4.78, 5) is 4.13. The molecule has 0 amide bonds. The van der Waals surface area contributed by atoms with Crippen LogP contribution in [0.1, 0.15) is 19.4 Å². The Bertz CT molecular complexity index is 440. The van der Waals surface area contributed by atoms with Crippen LogP contribution in [0.4, 0.5) is 8.78 Å². The lowest BCUT2D eigenvalue weighted by molar-refractivity contribution is -0.0536. The van der Waals surface area contributed by atoms with Gasteiger partial charge in [0.25, 0.3) is 5.92 Å². The van der Waals surface area contributed by atoms with Gasteiger partial charge in [0.1, 0.15) is 0 Å². The molecule has 1 aromatic carbocycles. The van der Waals surface area contributed by atoms with Crippen molar-refractivity contribution >= 4 is 0 Å². The van der Waals surface area contributed by atoms with Crippen molar-refractivity contribution in [1.29, 1.82) is 0 Å². The molecule has 5 heteroatoms. The van der Waals surface area contributed by atoms with Gasteiger partial charge in [-0.1, -0.05) is 30.3 Å². The van der Waals surface area contributed by atoms with Crippen LogP contribution in [0.2, 0.25) is 0 Å². The highest BCUT2D eigenvalue weighted by Crippen LogP contribution is 2.29. The maximum Gasteiger partial charge on any atom is 0.285 e. The van der Waals surface area contributed by atoms with Crippen LogP contribution >= 0.6 is 0 Å². The first-order valence-corrected chi connectivity index (χ1v) is 7.46. The summed E-state index contributed by atoms with van der Waals surface area (Å²) in [5, 5.41) is 0. The van der Waals surface area contributed by atoms with Gasteiger partial charge in [-0.15, -0.1) is 0 Å². The van der Waals surface area contributed by atoms with Crippen molar-refractivity contribution in [2.45, 2.75) is 25.3 Å². The first-order valence-electron chi connectivity index (χ1n) is 7.46. The number of halogens is 2. The van der Waals surface area contributed by atoms with E-state index in [1.54, 1.807) is 18.2 Å². The Morgan fingerprint density at radius 1 is 1.05 bits per heavy atom. The molecule has 0 radical (unpaired) electrons. The summed E-state index contributed by atoms with van der Waals surface area (Å²) in [7, 11) is 0. The predicted molar refractivity (Wildman–Crippen MR) is 81.5 cm³/mol. The van der Waals surface area contributed by atoms with Crippen LogP contribution in [0.15, 0.2) is 30.3 Å². The highest BCUT2D eigenvalue weighted by molar-refractivity contribution is 5.20. The molecule has 0 aliphatic carbocycles. The molecule has 2 N–H and O–H groups in total. The molecule has 1 saturated heterocycles. The van der Waals surface area contributed by atoms with Gasteiger partial charge in [0, 0.05) is 43.8 Å². The van der Waals surface area contributed by atoms with Crippen molar-refractivity contribution in [2.24, 2.45) is 5.73 Å². The van der Waals surface area contributed by atoms with E-state index in [0.717, 1.165) is 13.1 Å². The Hall–Kier alpha value is -1.04. The van der Waals surface area contributed by atoms with Crippen molar-refractivity contribution in [3.05, 3.63) is 35.9 Å². The number of hydrogen-bond donors (Lipinski definition) is 1. The minimum absolute atomic E-state index is 0.0615. The van der Waals surface area contributed by atoms with Crippen LogP contribution < -0.4 is 5.73 Å². The second-order valence-corrected chi connectivity index (χ2v) is 6.35. The van der Waals surface area contributed by atoms with Crippen molar-refractivity contribution in [3.63, 3.8) is 0 Å².